The van der Waals surface area contributed by atoms with Crippen molar-refractivity contribution in [1.82, 2.24) is 4.98 Å². The Morgan fingerprint density at radius 1 is 0.969 bits per heavy atom. The SMILES string of the molecule is COc1ccc(Cc2nccc3cc(OC)c(OCCF)cc23)cc1C.O=C(O)C(=O)O. The molecule has 0 saturated heterocycles. The van der Waals surface area contributed by atoms with Crippen molar-refractivity contribution in [3.05, 3.63) is 59.4 Å². The van der Waals surface area contributed by atoms with Crippen molar-refractivity contribution in [3.63, 3.8) is 0 Å². The van der Waals surface area contributed by atoms with E-state index in [1.807, 2.05) is 37.3 Å². The van der Waals surface area contributed by atoms with Gasteiger partial charge in [0, 0.05) is 18.0 Å². The van der Waals surface area contributed by atoms with Crippen LogP contribution in [0.15, 0.2) is 42.6 Å². The summed E-state index contributed by atoms with van der Waals surface area (Å²) in [5, 5.41) is 16.8. The van der Waals surface area contributed by atoms with E-state index in [4.69, 9.17) is 34.0 Å². The molecule has 32 heavy (non-hydrogen) atoms. The molecule has 0 aliphatic carbocycles. The minimum Gasteiger partial charge on any atom is -0.496 e. The highest BCUT2D eigenvalue weighted by Gasteiger charge is 2.12. The van der Waals surface area contributed by atoms with Gasteiger partial charge in [-0.25, -0.2) is 14.0 Å². The first-order valence-electron chi connectivity index (χ1n) is 9.54. The highest BCUT2D eigenvalue weighted by Crippen LogP contribution is 2.34. The van der Waals surface area contributed by atoms with Crippen LogP contribution in [0.4, 0.5) is 4.39 Å². The number of carboxylic acid groups (broad SMARTS) is 2. The van der Waals surface area contributed by atoms with Gasteiger partial charge in [0.1, 0.15) is 19.0 Å². The second kappa shape index (κ2) is 11.5. The largest absolute Gasteiger partial charge is 0.496 e. The van der Waals surface area contributed by atoms with Crippen molar-refractivity contribution in [2.75, 3.05) is 27.5 Å². The lowest BCUT2D eigenvalue weighted by Gasteiger charge is -2.13. The van der Waals surface area contributed by atoms with Gasteiger partial charge in [0.05, 0.1) is 19.9 Å². The zero-order valence-electron chi connectivity index (χ0n) is 17.9. The summed E-state index contributed by atoms with van der Waals surface area (Å²) < 4.78 is 28.7. The first kappa shape index (κ1) is 24.4. The monoisotopic (exact) mass is 445 g/mol. The molecule has 1 heterocycles. The van der Waals surface area contributed by atoms with Gasteiger partial charge in [-0.1, -0.05) is 12.1 Å². The Kier molecular flexibility index (Phi) is 8.76. The topological polar surface area (TPSA) is 115 Å². The molecule has 3 aromatic rings. The number of nitrogens with zero attached hydrogens (tertiary/aromatic N) is 1. The molecule has 0 atom stereocenters. The number of aryl methyl sites for hydroxylation is 1. The predicted molar refractivity (Wildman–Crippen MR) is 116 cm³/mol. The summed E-state index contributed by atoms with van der Waals surface area (Å²) in [6.07, 6.45) is 2.46. The normalized spacial score (nSPS) is 10.1. The lowest BCUT2D eigenvalue weighted by Crippen LogP contribution is -2.09. The Morgan fingerprint density at radius 3 is 2.22 bits per heavy atom. The highest BCUT2D eigenvalue weighted by molar-refractivity contribution is 6.27. The van der Waals surface area contributed by atoms with Crippen LogP contribution in [0.25, 0.3) is 10.8 Å². The number of fused-ring (bicyclic) bond motifs is 1. The fourth-order valence-corrected chi connectivity index (χ4v) is 3.05. The second-order valence-electron chi connectivity index (χ2n) is 6.61. The number of halogens is 1. The molecule has 3 rings (SSSR count). The first-order valence-corrected chi connectivity index (χ1v) is 9.54. The standard InChI is InChI=1S/C21H22FNO3.C2H2O4/c1-14-10-15(4-5-19(14)24-2)11-18-17-13-21(26-9-7-22)20(25-3)12-16(17)6-8-23-18;3-1(4)2(5)6/h4-6,8,10,12-13H,7,9,11H2,1-3H3;(H,3,4)(H,5,6). The van der Waals surface area contributed by atoms with E-state index in [-0.39, 0.29) is 6.61 Å². The van der Waals surface area contributed by atoms with Crippen LogP contribution in [0.5, 0.6) is 17.2 Å². The molecule has 0 radical (unpaired) electrons. The van der Waals surface area contributed by atoms with Crippen LogP contribution in [0, 0.1) is 6.92 Å². The number of aliphatic carboxylic acids is 2. The second-order valence-corrected chi connectivity index (χ2v) is 6.61. The highest BCUT2D eigenvalue weighted by atomic mass is 19.1. The average Bonchev–Trinajstić information content (AvgIpc) is 2.77. The molecule has 2 N–H and O–H groups in total. The number of pyridine rings is 1. The van der Waals surface area contributed by atoms with E-state index >= 15 is 0 Å². The Morgan fingerprint density at radius 2 is 1.66 bits per heavy atom. The van der Waals surface area contributed by atoms with E-state index in [1.165, 1.54) is 0 Å². The van der Waals surface area contributed by atoms with E-state index < -0.39 is 18.6 Å². The molecular weight excluding hydrogens is 421 g/mol. The van der Waals surface area contributed by atoms with Gasteiger partial charge in [-0.05, 0) is 47.7 Å². The third-order valence-corrected chi connectivity index (χ3v) is 4.48. The van der Waals surface area contributed by atoms with Crippen LogP contribution in [0.2, 0.25) is 0 Å². The van der Waals surface area contributed by atoms with Crippen molar-refractivity contribution >= 4 is 22.7 Å². The number of benzene rings is 2. The van der Waals surface area contributed by atoms with E-state index in [0.717, 1.165) is 33.3 Å². The molecule has 8 nitrogen and oxygen atoms in total. The molecule has 0 unspecified atom stereocenters. The summed E-state index contributed by atoms with van der Waals surface area (Å²) in [5.74, 6) is -1.67. The molecular formula is C23H24FNO7. The number of hydrogen-bond acceptors (Lipinski definition) is 6. The maximum atomic E-state index is 12.5. The third kappa shape index (κ3) is 6.31. The summed E-state index contributed by atoms with van der Waals surface area (Å²) in [5.41, 5.74) is 3.16. The predicted octanol–water partition coefficient (Wildman–Crippen LogP) is 3.66. The van der Waals surface area contributed by atoms with Gasteiger partial charge in [-0.3, -0.25) is 4.98 Å². The summed E-state index contributed by atoms with van der Waals surface area (Å²) in [6.45, 7) is 1.47. The number of carbonyl (C=O) groups is 2. The van der Waals surface area contributed by atoms with Gasteiger partial charge < -0.3 is 24.4 Å². The number of alkyl halides is 1. The lowest BCUT2D eigenvalue weighted by atomic mass is 10.0. The molecule has 9 heteroatoms. The Balaban J connectivity index is 0.000000534. The minimum atomic E-state index is -1.82. The molecule has 0 aliphatic heterocycles. The van der Waals surface area contributed by atoms with Crippen LogP contribution in [-0.4, -0.2) is 54.6 Å². The molecule has 2 aromatic carbocycles. The van der Waals surface area contributed by atoms with Crippen LogP contribution in [-0.2, 0) is 16.0 Å². The molecule has 0 fully saturated rings. The van der Waals surface area contributed by atoms with Crippen molar-refractivity contribution in [3.8, 4) is 17.2 Å². The van der Waals surface area contributed by atoms with Crippen molar-refractivity contribution < 1.29 is 38.4 Å². The van der Waals surface area contributed by atoms with Crippen LogP contribution >= 0.6 is 0 Å². The zero-order valence-corrected chi connectivity index (χ0v) is 17.9. The number of rotatable bonds is 7. The number of hydrogen-bond donors (Lipinski definition) is 2. The van der Waals surface area contributed by atoms with E-state index in [0.29, 0.717) is 17.9 Å². The first-order chi connectivity index (χ1) is 15.3. The number of methoxy groups -OCH3 is 2. The maximum absolute atomic E-state index is 12.5. The molecule has 170 valence electrons. The van der Waals surface area contributed by atoms with E-state index in [1.54, 1.807) is 20.4 Å². The van der Waals surface area contributed by atoms with Gasteiger partial charge in [-0.15, -0.1) is 0 Å². The van der Waals surface area contributed by atoms with Gasteiger partial charge in [-0.2, -0.15) is 0 Å². The smallest absolute Gasteiger partial charge is 0.414 e. The van der Waals surface area contributed by atoms with Gasteiger partial charge in [0.2, 0.25) is 0 Å². The Bertz CT molecular complexity index is 1090. The molecule has 1 aromatic heterocycles. The van der Waals surface area contributed by atoms with Crippen molar-refractivity contribution in [2.24, 2.45) is 0 Å². The maximum Gasteiger partial charge on any atom is 0.414 e. The van der Waals surface area contributed by atoms with E-state index in [2.05, 4.69) is 11.1 Å². The average molecular weight is 445 g/mol. The van der Waals surface area contributed by atoms with E-state index in [9.17, 15) is 4.39 Å². The zero-order chi connectivity index (χ0) is 23.7. The molecule has 0 amide bonds. The van der Waals surface area contributed by atoms with Crippen molar-refractivity contribution in [2.45, 2.75) is 13.3 Å². The van der Waals surface area contributed by atoms with Crippen LogP contribution in [0.3, 0.4) is 0 Å². The summed E-state index contributed by atoms with van der Waals surface area (Å²) >= 11 is 0. The molecule has 0 spiro atoms. The Labute approximate surface area is 184 Å². The number of aromatic nitrogens is 1. The number of carboxylic acids is 2. The molecule has 0 bridgehead atoms. The fourth-order valence-electron chi connectivity index (χ4n) is 3.05. The van der Waals surface area contributed by atoms with Crippen molar-refractivity contribution in [1.29, 1.82) is 0 Å². The van der Waals surface area contributed by atoms with Crippen LogP contribution in [0.1, 0.15) is 16.8 Å². The third-order valence-electron chi connectivity index (χ3n) is 4.48. The van der Waals surface area contributed by atoms with Gasteiger partial charge >= 0.3 is 11.9 Å². The fraction of sp³-hybridized carbons (Fsp3) is 0.261. The minimum absolute atomic E-state index is 0.00482. The summed E-state index contributed by atoms with van der Waals surface area (Å²) in [4.78, 5) is 22.7. The Hall–Kier alpha value is -3.88. The van der Waals surface area contributed by atoms with Gasteiger partial charge in [0.25, 0.3) is 0 Å². The lowest BCUT2D eigenvalue weighted by molar-refractivity contribution is -0.159. The molecule has 0 saturated carbocycles. The quantitative estimate of drug-likeness (QED) is 0.530. The summed E-state index contributed by atoms with van der Waals surface area (Å²) in [6, 6.07) is 11.8. The summed E-state index contributed by atoms with van der Waals surface area (Å²) in [7, 11) is 3.24. The van der Waals surface area contributed by atoms with Gasteiger partial charge in [0.15, 0.2) is 11.5 Å². The molecule has 0 aliphatic rings. The number of ether oxygens (including phenoxy) is 3. The van der Waals surface area contributed by atoms with Crippen LogP contribution < -0.4 is 14.2 Å².